The molecule has 1 aliphatic heterocycles. The number of carbonyl (C=O) groups is 1. The van der Waals surface area contributed by atoms with Gasteiger partial charge in [-0.1, -0.05) is 0 Å². The lowest BCUT2D eigenvalue weighted by atomic mass is 10.4. The molecule has 1 unspecified atom stereocenters. The number of hydrogen-bond donors (Lipinski definition) is 2. The number of hydrogen-bond acceptors (Lipinski definition) is 3. The zero-order valence-corrected chi connectivity index (χ0v) is 7.38. The maximum Gasteiger partial charge on any atom is 0.249 e. The summed E-state index contributed by atoms with van der Waals surface area (Å²) in [7, 11) is 0. The molecular formula is C7H12N4O. The second kappa shape index (κ2) is 3.34. The van der Waals surface area contributed by atoms with E-state index in [4.69, 9.17) is 0 Å². The Morgan fingerprint density at radius 2 is 2.17 bits per heavy atom. The summed E-state index contributed by atoms with van der Waals surface area (Å²) >= 11 is 0. The Kier molecular flexibility index (Phi) is 2.42. The van der Waals surface area contributed by atoms with E-state index in [0.717, 1.165) is 5.71 Å². The summed E-state index contributed by atoms with van der Waals surface area (Å²) in [6.07, 6.45) is 0. The number of rotatable bonds is 1. The van der Waals surface area contributed by atoms with Crippen LogP contribution in [0.3, 0.4) is 0 Å². The standard InChI is InChI=1S/C7H12N4O/c1-4(2)10-11-7-8-5(3)6(12)9-7/h5H,1-3H3,(H2,8,9,11,12). The van der Waals surface area contributed by atoms with Crippen LogP contribution in [0.15, 0.2) is 10.2 Å². The lowest BCUT2D eigenvalue weighted by Crippen LogP contribution is -2.25. The van der Waals surface area contributed by atoms with Gasteiger partial charge in [-0.2, -0.15) is 5.10 Å². The first-order chi connectivity index (χ1) is 5.59. The Bertz CT molecular complexity index is 252. The van der Waals surface area contributed by atoms with Crippen LogP contribution in [0.2, 0.25) is 0 Å². The number of guanidine groups is 1. The Labute approximate surface area is 70.9 Å². The molecule has 5 heteroatoms. The highest BCUT2D eigenvalue weighted by atomic mass is 16.2. The van der Waals surface area contributed by atoms with Crippen LogP contribution in [0, 0.1) is 0 Å². The summed E-state index contributed by atoms with van der Waals surface area (Å²) in [4.78, 5) is 10.9. The molecule has 2 N–H and O–H groups in total. The van der Waals surface area contributed by atoms with Crippen molar-refractivity contribution < 1.29 is 4.79 Å². The van der Waals surface area contributed by atoms with Crippen LogP contribution in [0.5, 0.6) is 0 Å². The van der Waals surface area contributed by atoms with Gasteiger partial charge in [-0.3, -0.25) is 10.1 Å². The molecule has 0 aliphatic carbocycles. The normalized spacial score (nSPS) is 25.1. The molecule has 66 valence electrons. The number of nitrogens with zero attached hydrogens (tertiary/aromatic N) is 2. The molecule has 1 rings (SSSR count). The molecular weight excluding hydrogens is 156 g/mol. The first-order valence-corrected chi connectivity index (χ1v) is 3.76. The predicted molar refractivity (Wildman–Crippen MR) is 47.0 cm³/mol. The molecule has 1 aliphatic rings. The average Bonchev–Trinajstić information content (AvgIpc) is 2.28. The minimum absolute atomic E-state index is 0.0716. The second-order valence-corrected chi connectivity index (χ2v) is 2.85. The molecule has 0 spiro atoms. The van der Waals surface area contributed by atoms with Crippen molar-refractivity contribution in [3.8, 4) is 0 Å². The SMILES string of the molecule is CC(C)=N/N=C1\NC(=O)C(C)N1. The fraction of sp³-hybridized carbons (Fsp3) is 0.571. The van der Waals surface area contributed by atoms with Crippen molar-refractivity contribution in [2.75, 3.05) is 0 Å². The molecule has 0 aromatic rings. The van der Waals surface area contributed by atoms with Gasteiger partial charge in [-0.05, 0) is 20.8 Å². The van der Waals surface area contributed by atoms with Crippen LogP contribution in [0.1, 0.15) is 20.8 Å². The van der Waals surface area contributed by atoms with Gasteiger partial charge in [0.1, 0.15) is 6.04 Å². The fourth-order valence-corrected chi connectivity index (χ4v) is 0.736. The smallest absolute Gasteiger partial charge is 0.249 e. The fourth-order valence-electron chi connectivity index (χ4n) is 0.736. The molecule has 0 radical (unpaired) electrons. The van der Waals surface area contributed by atoms with Gasteiger partial charge in [0.25, 0.3) is 0 Å². The summed E-state index contributed by atoms with van der Waals surface area (Å²) in [5.74, 6) is 0.353. The van der Waals surface area contributed by atoms with Crippen molar-refractivity contribution in [2.45, 2.75) is 26.8 Å². The molecule has 1 heterocycles. The minimum atomic E-state index is -0.212. The van der Waals surface area contributed by atoms with Crippen LogP contribution < -0.4 is 10.6 Å². The number of carbonyl (C=O) groups excluding carboxylic acids is 1. The van der Waals surface area contributed by atoms with E-state index in [1.165, 1.54) is 0 Å². The Balaban J connectivity index is 2.63. The summed E-state index contributed by atoms with van der Waals surface area (Å²) in [5.41, 5.74) is 0.845. The zero-order valence-electron chi connectivity index (χ0n) is 7.38. The third-order valence-electron chi connectivity index (χ3n) is 1.34. The summed E-state index contributed by atoms with van der Waals surface area (Å²) in [6.45, 7) is 5.44. The van der Waals surface area contributed by atoms with E-state index < -0.39 is 0 Å². The van der Waals surface area contributed by atoms with E-state index in [0.29, 0.717) is 5.96 Å². The Hall–Kier alpha value is -1.39. The van der Waals surface area contributed by atoms with Crippen molar-refractivity contribution in [2.24, 2.45) is 10.2 Å². The van der Waals surface area contributed by atoms with Gasteiger partial charge in [-0.15, -0.1) is 5.10 Å². The van der Waals surface area contributed by atoms with Gasteiger partial charge < -0.3 is 5.32 Å². The van der Waals surface area contributed by atoms with Crippen molar-refractivity contribution in [3.05, 3.63) is 0 Å². The maximum atomic E-state index is 10.9. The van der Waals surface area contributed by atoms with Gasteiger partial charge in [0, 0.05) is 5.71 Å². The number of amides is 1. The maximum absolute atomic E-state index is 10.9. The quantitative estimate of drug-likeness (QED) is 0.422. The van der Waals surface area contributed by atoms with Crippen molar-refractivity contribution in [3.63, 3.8) is 0 Å². The van der Waals surface area contributed by atoms with Crippen LogP contribution >= 0.6 is 0 Å². The summed E-state index contributed by atoms with van der Waals surface area (Å²) in [5, 5.41) is 13.0. The third-order valence-corrected chi connectivity index (χ3v) is 1.34. The van der Waals surface area contributed by atoms with Crippen LogP contribution in [0.25, 0.3) is 0 Å². The van der Waals surface area contributed by atoms with E-state index in [-0.39, 0.29) is 11.9 Å². The Morgan fingerprint density at radius 1 is 1.50 bits per heavy atom. The summed E-state index contributed by atoms with van der Waals surface area (Å²) < 4.78 is 0. The predicted octanol–water partition coefficient (Wildman–Crippen LogP) is -0.154. The lowest BCUT2D eigenvalue weighted by molar-refractivity contribution is -0.119. The molecule has 1 atom stereocenters. The molecule has 5 nitrogen and oxygen atoms in total. The van der Waals surface area contributed by atoms with Gasteiger partial charge in [0.15, 0.2) is 0 Å². The van der Waals surface area contributed by atoms with E-state index in [1.54, 1.807) is 6.92 Å². The van der Waals surface area contributed by atoms with Crippen molar-refractivity contribution >= 4 is 17.6 Å². The van der Waals surface area contributed by atoms with E-state index in [9.17, 15) is 4.79 Å². The van der Waals surface area contributed by atoms with Crippen molar-refractivity contribution in [1.29, 1.82) is 0 Å². The van der Waals surface area contributed by atoms with Crippen LogP contribution in [0.4, 0.5) is 0 Å². The highest BCUT2D eigenvalue weighted by molar-refractivity contribution is 6.06. The first kappa shape index (κ1) is 8.70. The van der Waals surface area contributed by atoms with Gasteiger partial charge in [-0.25, -0.2) is 0 Å². The van der Waals surface area contributed by atoms with Crippen LogP contribution in [-0.4, -0.2) is 23.6 Å². The van der Waals surface area contributed by atoms with Gasteiger partial charge >= 0.3 is 0 Å². The molecule has 0 aromatic carbocycles. The third kappa shape index (κ3) is 2.05. The topological polar surface area (TPSA) is 65.8 Å². The minimum Gasteiger partial charge on any atom is -0.343 e. The van der Waals surface area contributed by atoms with E-state index in [2.05, 4.69) is 20.8 Å². The molecule has 12 heavy (non-hydrogen) atoms. The monoisotopic (exact) mass is 168 g/mol. The Morgan fingerprint density at radius 3 is 2.58 bits per heavy atom. The van der Waals surface area contributed by atoms with E-state index in [1.807, 2.05) is 13.8 Å². The molecule has 1 saturated heterocycles. The molecule has 1 amide bonds. The second-order valence-electron chi connectivity index (χ2n) is 2.85. The highest BCUT2D eigenvalue weighted by Crippen LogP contribution is 1.91. The molecule has 0 bridgehead atoms. The average molecular weight is 168 g/mol. The first-order valence-electron chi connectivity index (χ1n) is 3.76. The lowest BCUT2D eigenvalue weighted by Gasteiger charge is -1.95. The highest BCUT2D eigenvalue weighted by Gasteiger charge is 2.23. The zero-order chi connectivity index (χ0) is 9.14. The van der Waals surface area contributed by atoms with E-state index >= 15 is 0 Å². The van der Waals surface area contributed by atoms with Crippen LogP contribution in [-0.2, 0) is 4.79 Å². The summed E-state index contributed by atoms with van der Waals surface area (Å²) in [6, 6.07) is -0.212. The molecule has 1 fully saturated rings. The number of nitrogens with one attached hydrogen (secondary N) is 2. The van der Waals surface area contributed by atoms with Crippen molar-refractivity contribution in [1.82, 2.24) is 10.6 Å². The van der Waals surface area contributed by atoms with Gasteiger partial charge in [0.05, 0.1) is 0 Å². The largest absolute Gasteiger partial charge is 0.343 e. The van der Waals surface area contributed by atoms with Gasteiger partial charge in [0.2, 0.25) is 11.9 Å². The molecule has 0 aromatic heterocycles. The molecule has 0 saturated carbocycles.